The summed E-state index contributed by atoms with van der Waals surface area (Å²) in [7, 11) is 0. The van der Waals surface area contributed by atoms with Crippen LogP contribution in [-0.2, 0) is 13.0 Å². The van der Waals surface area contributed by atoms with Gasteiger partial charge in [0.2, 0.25) is 11.5 Å². The highest BCUT2D eigenvalue weighted by Gasteiger charge is 2.31. The zero-order valence-corrected chi connectivity index (χ0v) is 19.5. The van der Waals surface area contributed by atoms with E-state index < -0.39 is 16.6 Å². The lowest BCUT2D eigenvalue weighted by molar-refractivity contribution is -0.389. The number of benzene rings is 1. The van der Waals surface area contributed by atoms with Crippen molar-refractivity contribution in [1.82, 2.24) is 9.55 Å². The number of halogens is 2. The van der Waals surface area contributed by atoms with E-state index in [9.17, 15) is 14.9 Å². The molecule has 170 valence electrons. The van der Waals surface area contributed by atoms with Crippen molar-refractivity contribution < 1.29 is 9.72 Å². The largest absolute Gasteiger partial charge is 0.395 e. The molecule has 2 aromatic rings. The number of amides is 1. The summed E-state index contributed by atoms with van der Waals surface area (Å²) in [5.41, 5.74) is 1.47. The number of anilines is 2. The maximum absolute atomic E-state index is 13.0. The second kappa shape index (κ2) is 12.5. The molecule has 0 atom stereocenters. The van der Waals surface area contributed by atoms with Crippen molar-refractivity contribution in [1.29, 1.82) is 0 Å². The summed E-state index contributed by atoms with van der Waals surface area (Å²) >= 11 is 11.7. The maximum atomic E-state index is 13.0. The van der Waals surface area contributed by atoms with Crippen molar-refractivity contribution >= 4 is 46.3 Å². The Hall–Kier alpha value is -2.32. The summed E-state index contributed by atoms with van der Waals surface area (Å²) in [6.45, 7) is 5.83. The zero-order valence-electron chi connectivity index (χ0n) is 17.9. The molecule has 0 saturated heterocycles. The van der Waals surface area contributed by atoms with Crippen LogP contribution in [-0.4, -0.2) is 45.2 Å². The number of unbranched alkanes of at least 4 members (excludes halogenated alkanes) is 1. The van der Waals surface area contributed by atoms with Crippen molar-refractivity contribution in [2.24, 2.45) is 0 Å². The van der Waals surface area contributed by atoms with Gasteiger partial charge < -0.3 is 20.3 Å². The van der Waals surface area contributed by atoms with E-state index in [4.69, 9.17) is 23.2 Å². The molecule has 2 rings (SSSR count). The molecule has 1 heterocycles. The van der Waals surface area contributed by atoms with Crippen LogP contribution in [0.2, 0.25) is 0 Å². The highest BCUT2D eigenvalue weighted by molar-refractivity contribution is 6.18. The first-order valence-corrected chi connectivity index (χ1v) is 11.6. The first-order valence-electron chi connectivity index (χ1n) is 10.5. The number of nitrogens with zero attached hydrogens (tertiary/aromatic N) is 4. The smallest absolute Gasteiger partial charge is 0.369 e. The number of imidazole rings is 1. The molecule has 1 N–H and O–H groups in total. The number of alkyl halides is 2. The minimum absolute atomic E-state index is 0.00289. The third-order valence-electron chi connectivity index (χ3n) is 4.82. The predicted octanol–water partition coefficient (Wildman–Crippen LogP) is 5.08. The minimum Gasteiger partial charge on any atom is -0.369 e. The molecular weight excluding hydrogens is 441 g/mol. The Balaban J connectivity index is 2.30. The molecule has 1 aromatic heterocycles. The van der Waals surface area contributed by atoms with Crippen molar-refractivity contribution in [3.63, 3.8) is 0 Å². The van der Waals surface area contributed by atoms with E-state index in [-0.39, 0.29) is 5.69 Å². The number of aromatic nitrogens is 2. The second-order valence-electron chi connectivity index (χ2n) is 7.08. The third kappa shape index (κ3) is 6.58. The lowest BCUT2D eigenvalue weighted by Crippen LogP contribution is -2.27. The fourth-order valence-corrected chi connectivity index (χ4v) is 3.74. The summed E-state index contributed by atoms with van der Waals surface area (Å²) in [6.07, 6.45) is 3.06. The third-order valence-corrected chi connectivity index (χ3v) is 5.16. The molecule has 0 radical (unpaired) electrons. The average molecular weight is 470 g/mol. The first-order chi connectivity index (χ1) is 15.0. The van der Waals surface area contributed by atoms with E-state index in [0.29, 0.717) is 49.3 Å². The van der Waals surface area contributed by atoms with E-state index in [2.05, 4.69) is 10.3 Å². The van der Waals surface area contributed by atoms with Crippen LogP contribution >= 0.6 is 23.2 Å². The predicted molar refractivity (Wildman–Crippen MR) is 126 cm³/mol. The van der Waals surface area contributed by atoms with Gasteiger partial charge in [-0.15, -0.1) is 23.2 Å². The summed E-state index contributed by atoms with van der Waals surface area (Å²) in [6, 6.07) is 7.24. The summed E-state index contributed by atoms with van der Waals surface area (Å²) < 4.78 is 1.69. The number of hydrogen-bond acceptors (Lipinski definition) is 5. The van der Waals surface area contributed by atoms with Crippen LogP contribution in [0.1, 0.15) is 49.4 Å². The van der Waals surface area contributed by atoms with E-state index in [1.807, 2.05) is 30.9 Å². The van der Waals surface area contributed by atoms with Crippen LogP contribution in [0.4, 0.5) is 17.2 Å². The van der Waals surface area contributed by atoms with Gasteiger partial charge in [-0.1, -0.05) is 20.3 Å². The number of rotatable bonds is 13. The van der Waals surface area contributed by atoms with E-state index >= 15 is 0 Å². The lowest BCUT2D eigenvalue weighted by Gasteiger charge is -2.23. The molecule has 0 spiro atoms. The van der Waals surface area contributed by atoms with Crippen molar-refractivity contribution in [2.75, 3.05) is 35.1 Å². The van der Waals surface area contributed by atoms with E-state index in [1.165, 1.54) is 0 Å². The van der Waals surface area contributed by atoms with Crippen LogP contribution in [0.5, 0.6) is 0 Å². The van der Waals surface area contributed by atoms with Gasteiger partial charge in [0.1, 0.15) is 0 Å². The van der Waals surface area contributed by atoms with Crippen molar-refractivity contribution in [2.45, 2.75) is 46.1 Å². The fraction of sp³-hybridized carbons (Fsp3) is 0.524. The molecule has 0 bridgehead atoms. The van der Waals surface area contributed by atoms with Gasteiger partial charge in [0.25, 0.3) is 5.91 Å². The van der Waals surface area contributed by atoms with Gasteiger partial charge in [0.05, 0.1) is 0 Å². The Morgan fingerprint density at radius 1 is 1.16 bits per heavy atom. The highest BCUT2D eigenvalue weighted by atomic mass is 35.5. The van der Waals surface area contributed by atoms with Crippen LogP contribution in [0, 0.1) is 10.1 Å². The van der Waals surface area contributed by atoms with Gasteiger partial charge in [-0.3, -0.25) is 9.36 Å². The van der Waals surface area contributed by atoms with Crippen LogP contribution in [0.15, 0.2) is 24.3 Å². The van der Waals surface area contributed by atoms with Gasteiger partial charge >= 0.3 is 5.82 Å². The van der Waals surface area contributed by atoms with E-state index in [0.717, 1.165) is 24.9 Å². The Morgan fingerprint density at radius 3 is 2.32 bits per heavy atom. The van der Waals surface area contributed by atoms with Gasteiger partial charge in [-0.25, -0.2) is 0 Å². The van der Waals surface area contributed by atoms with E-state index in [1.54, 1.807) is 16.7 Å². The molecule has 0 aliphatic carbocycles. The van der Waals surface area contributed by atoms with Gasteiger partial charge in [0.15, 0.2) is 0 Å². The Morgan fingerprint density at radius 2 is 1.81 bits per heavy atom. The molecular formula is C21H29Cl2N5O3. The normalized spacial score (nSPS) is 10.8. The van der Waals surface area contributed by atoms with Crippen molar-refractivity contribution in [3.8, 4) is 0 Å². The average Bonchev–Trinajstić information content (AvgIpc) is 3.11. The number of carbonyl (C=O) groups is 1. The standard InChI is InChI=1S/C21H29Cl2N5O3/c1-3-5-13-27-18(6-4-2)25-20(28(30)31)19(27)21(29)24-16-7-9-17(10-8-16)26(14-11-22)15-12-23/h7-10H,3-6,11-15H2,1-2H3,(H,24,29). The zero-order chi connectivity index (χ0) is 22.8. The number of nitrogens with one attached hydrogen (secondary N) is 1. The topological polar surface area (TPSA) is 93.3 Å². The molecule has 0 aliphatic rings. The fourth-order valence-electron chi connectivity index (χ4n) is 3.33. The van der Waals surface area contributed by atoms with Gasteiger partial charge in [0, 0.05) is 49.2 Å². The number of hydrogen-bond donors (Lipinski definition) is 1. The number of nitro groups is 1. The Labute approximate surface area is 192 Å². The maximum Gasteiger partial charge on any atom is 0.395 e. The monoisotopic (exact) mass is 469 g/mol. The molecule has 8 nitrogen and oxygen atoms in total. The SMILES string of the molecule is CCCCn1c(CCC)nc([N+](=O)[O-])c1C(=O)Nc1ccc(N(CCCl)CCCl)cc1. The highest BCUT2D eigenvalue weighted by Crippen LogP contribution is 2.24. The quantitative estimate of drug-likeness (QED) is 0.250. The molecule has 0 fully saturated rings. The van der Waals surface area contributed by atoms with Gasteiger partial charge in [-0.2, -0.15) is 0 Å². The molecule has 0 aliphatic heterocycles. The summed E-state index contributed by atoms with van der Waals surface area (Å²) in [5.74, 6) is 0.579. The minimum atomic E-state index is -0.587. The molecule has 31 heavy (non-hydrogen) atoms. The van der Waals surface area contributed by atoms with Crippen molar-refractivity contribution in [3.05, 3.63) is 45.9 Å². The first kappa shape index (κ1) is 24.9. The Kier molecular flexibility index (Phi) is 10.1. The van der Waals surface area contributed by atoms with Crippen LogP contribution < -0.4 is 10.2 Å². The second-order valence-corrected chi connectivity index (χ2v) is 7.83. The van der Waals surface area contributed by atoms with Gasteiger partial charge in [-0.05, 0) is 47.0 Å². The van der Waals surface area contributed by atoms with Crippen LogP contribution in [0.3, 0.4) is 0 Å². The summed E-state index contributed by atoms with van der Waals surface area (Å²) in [5, 5.41) is 14.4. The molecule has 1 aromatic carbocycles. The molecule has 0 saturated carbocycles. The molecule has 10 heteroatoms. The number of carbonyl (C=O) groups excluding carboxylic acids is 1. The lowest BCUT2D eigenvalue weighted by atomic mass is 10.2. The molecule has 0 unspecified atom stereocenters. The Bertz CT molecular complexity index is 865. The molecule has 1 amide bonds. The number of aryl methyl sites for hydroxylation is 1. The summed E-state index contributed by atoms with van der Waals surface area (Å²) in [4.78, 5) is 30.3. The van der Waals surface area contributed by atoms with Crippen LogP contribution in [0.25, 0.3) is 0 Å².